The maximum atomic E-state index is 15.2. The van der Waals surface area contributed by atoms with Gasteiger partial charge in [0.05, 0.1) is 17.9 Å². The number of rotatable bonds is 11. The average Bonchev–Trinajstić information content (AvgIpc) is 3.45. The molecular formula is C43H48FN11O4. The van der Waals surface area contributed by atoms with Crippen molar-refractivity contribution in [2.75, 3.05) is 59.7 Å². The van der Waals surface area contributed by atoms with Gasteiger partial charge in [0.15, 0.2) is 11.5 Å². The average molecular weight is 802 g/mol. The van der Waals surface area contributed by atoms with Gasteiger partial charge >= 0.3 is 0 Å². The summed E-state index contributed by atoms with van der Waals surface area (Å²) in [6.45, 7) is 13.0. The van der Waals surface area contributed by atoms with E-state index in [1.165, 1.54) is 16.9 Å². The molecular weight excluding hydrogens is 754 g/mol. The smallest absolute Gasteiger partial charge is 0.278 e. The number of imide groups is 1. The van der Waals surface area contributed by atoms with E-state index in [-0.39, 0.29) is 41.6 Å². The summed E-state index contributed by atoms with van der Waals surface area (Å²) in [4.78, 5) is 57.9. The first-order valence-corrected chi connectivity index (χ1v) is 20.2. The lowest BCUT2D eigenvalue weighted by molar-refractivity contribution is -0.133. The summed E-state index contributed by atoms with van der Waals surface area (Å²) in [7, 11) is 0. The number of carbonyl (C=O) groups excluding carboxylic acids is 2. The number of nitrogens with one attached hydrogen (secondary N) is 3. The summed E-state index contributed by atoms with van der Waals surface area (Å²) in [6, 6.07) is 18.5. The van der Waals surface area contributed by atoms with Gasteiger partial charge in [-0.05, 0) is 87.7 Å². The third-order valence-electron chi connectivity index (χ3n) is 12.0. The van der Waals surface area contributed by atoms with Gasteiger partial charge in [0.25, 0.3) is 5.56 Å². The SMILES string of the molecule is C=CCn1c(=O)c2cnc(Nc3ccc(N4CCC(N5CC6(CN(c7ccc(NC8CCC(=O)NC8=O)cc7F)C6)C5)CC4)cc3)nc2n1-c1cccc(C(C)(C)O)n1. The molecule has 4 aliphatic rings. The standard InChI is InChI=1S/C43H48FN11O4/c1-4-18-54-40(58)31-22-45-41(50-38(31)55(54)36-7-5-6-35(48-36)42(2,3)59)47-27-8-11-29(12-9-27)51-19-16-30(17-20-51)52-23-43(24-52)25-53(26-43)34-14-10-28(21-32(34)44)46-33-13-15-37(56)49-39(33)57/h4-12,14,21-22,30,33,46,59H,1,13,15-20,23-26H2,2-3H3,(H,45,47,50)(H,49,56,57). The molecule has 0 radical (unpaired) electrons. The highest BCUT2D eigenvalue weighted by molar-refractivity contribution is 6.01. The van der Waals surface area contributed by atoms with E-state index >= 15 is 4.39 Å². The molecule has 15 nitrogen and oxygen atoms in total. The van der Waals surface area contributed by atoms with Crippen LogP contribution in [0.5, 0.6) is 0 Å². The number of hydrogen-bond acceptors (Lipinski definition) is 12. The van der Waals surface area contributed by atoms with E-state index in [2.05, 4.69) is 59.3 Å². The second-order valence-corrected chi connectivity index (χ2v) is 16.8. The van der Waals surface area contributed by atoms with Crippen molar-refractivity contribution in [2.45, 2.75) is 63.8 Å². The van der Waals surface area contributed by atoms with Gasteiger partial charge in [0, 0.05) is 80.4 Å². The van der Waals surface area contributed by atoms with Crippen LogP contribution in [-0.4, -0.2) is 97.5 Å². The third-order valence-corrected chi connectivity index (χ3v) is 12.0. The lowest BCUT2D eigenvalue weighted by Gasteiger charge is -2.63. The number of carbonyl (C=O) groups is 2. The normalized spacial score (nSPS) is 19.7. The van der Waals surface area contributed by atoms with Crippen molar-refractivity contribution in [3.8, 4) is 5.82 Å². The Hall–Kier alpha value is -6.13. The van der Waals surface area contributed by atoms with Crippen LogP contribution in [0.15, 0.2) is 84.3 Å². The first-order chi connectivity index (χ1) is 28.4. The maximum Gasteiger partial charge on any atom is 0.278 e. The third kappa shape index (κ3) is 7.42. The minimum absolute atomic E-state index is 0.205. The topological polar surface area (TPSA) is 166 Å². The quantitative estimate of drug-likeness (QED) is 0.111. The fourth-order valence-corrected chi connectivity index (χ4v) is 8.96. The molecule has 2 amide bonds. The Balaban J connectivity index is 0.780. The van der Waals surface area contributed by atoms with Crippen LogP contribution in [0.25, 0.3) is 16.9 Å². The first-order valence-electron chi connectivity index (χ1n) is 20.2. The molecule has 4 N–H and O–H groups in total. The zero-order valence-corrected chi connectivity index (χ0v) is 33.2. The lowest BCUT2D eigenvalue weighted by Crippen LogP contribution is -2.74. The van der Waals surface area contributed by atoms with Crippen LogP contribution in [0.1, 0.15) is 45.2 Å². The molecule has 0 aliphatic carbocycles. The number of likely N-dealkylation sites (tertiary alicyclic amines) is 1. The van der Waals surface area contributed by atoms with E-state index < -0.39 is 11.6 Å². The Morgan fingerprint density at radius 3 is 2.41 bits per heavy atom. The van der Waals surface area contributed by atoms with E-state index in [1.807, 2.05) is 12.1 Å². The van der Waals surface area contributed by atoms with Crippen molar-refractivity contribution < 1.29 is 19.1 Å². The molecule has 59 heavy (non-hydrogen) atoms. The Morgan fingerprint density at radius 2 is 1.71 bits per heavy atom. The summed E-state index contributed by atoms with van der Waals surface area (Å²) < 4.78 is 18.3. The second-order valence-electron chi connectivity index (χ2n) is 16.8. The summed E-state index contributed by atoms with van der Waals surface area (Å²) >= 11 is 0. The molecule has 4 aliphatic heterocycles. The fraction of sp³-hybridized carbons (Fsp3) is 0.395. The first kappa shape index (κ1) is 38.4. The van der Waals surface area contributed by atoms with Crippen LogP contribution in [0, 0.1) is 11.2 Å². The maximum absolute atomic E-state index is 15.2. The molecule has 2 aromatic carbocycles. The van der Waals surface area contributed by atoms with Crippen LogP contribution in [0.3, 0.4) is 0 Å². The van der Waals surface area contributed by atoms with Crippen molar-refractivity contribution in [3.05, 3.63) is 101 Å². The number of allylic oxidation sites excluding steroid dienone is 1. The molecule has 7 heterocycles. The van der Waals surface area contributed by atoms with Gasteiger partial charge < -0.3 is 25.5 Å². The van der Waals surface area contributed by atoms with E-state index in [4.69, 9.17) is 4.98 Å². The number of pyridine rings is 1. The van der Waals surface area contributed by atoms with E-state index in [1.54, 1.807) is 54.9 Å². The molecule has 16 heteroatoms. The summed E-state index contributed by atoms with van der Waals surface area (Å²) in [5.74, 6) is -0.193. The number of anilines is 5. The highest BCUT2D eigenvalue weighted by atomic mass is 19.1. The molecule has 1 atom stereocenters. The number of halogens is 1. The molecule has 0 bridgehead atoms. The Labute approximate surface area is 340 Å². The number of nitrogens with zero attached hydrogens (tertiary/aromatic N) is 8. The molecule has 1 unspecified atom stereocenters. The molecule has 9 rings (SSSR count). The number of aromatic nitrogens is 5. The van der Waals surface area contributed by atoms with Gasteiger partial charge in [-0.2, -0.15) is 4.98 Å². The van der Waals surface area contributed by atoms with Crippen molar-refractivity contribution >= 4 is 51.5 Å². The minimum atomic E-state index is -1.17. The number of piperidine rings is 2. The molecule has 306 valence electrons. The van der Waals surface area contributed by atoms with Crippen LogP contribution in [0.2, 0.25) is 0 Å². The summed E-state index contributed by atoms with van der Waals surface area (Å²) in [5.41, 5.74) is 2.68. The second kappa shape index (κ2) is 14.9. The molecule has 1 spiro atoms. The monoisotopic (exact) mass is 801 g/mol. The van der Waals surface area contributed by atoms with Gasteiger partial charge in [-0.1, -0.05) is 12.1 Å². The molecule has 4 fully saturated rings. The van der Waals surface area contributed by atoms with E-state index in [0.29, 0.717) is 52.3 Å². The lowest BCUT2D eigenvalue weighted by atomic mass is 9.71. The predicted octanol–water partition coefficient (Wildman–Crippen LogP) is 4.28. The molecule has 4 saturated heterocycles. The Kier molecular flexibility index (Phi) is 9.70. The predicted molar refractivity (Wildman–Crippen MR) is 224 cm³/mol. The van der Waals surface area contributed by atoms with Gasteiger partial charge in [-0.3, -0.25) is 24.6 Å². The van der Waals surface area contributed by atoms with Crippen LogP contribution >= 0.6 is 0 Å². The highest BCUT2D eigenvalue weighted by Gasteiger charge is 2.53. The van der Waals surface area contributed by atoms with Gasteiger partial charge in [-0.25, -0.2) is 23.7 Å². The zero-order chi connectivity index (χ0) is 41.1. The van der Waals surface area contributed by atoms with Gasteiger partial charge in [0.1, 0.15) is 22.8 Å². The van der Waals surface area contributed by atoms with E-state index in [0.717, 1.165) is 63.5 Å². The number of benzene rings is 2. The van der Waals surface area contributed by atoms with Crippen LogP contribution < -0.4 is 31.3 Å². The minimum Gasteiger partial charge on any atom is -0.384 e. The number of aliphatic hydroxyl groups is 1. The van der Waals surface area contributed by atoms with Crippen molar-refractivity contribution in [2.24, 2.45) is 5.41 Å². The fourth-order valence-electron chi connectivity index (χ4n) is 8.96. The summed E-state index contributed by atoms with van der Waals surface area (Å²) in [6.07, 6.45) is 5.96. The molecule has 0 saturated carbocycles. The van der Waals surface area contributed by atoms with E-state index in [9.17, 15) is 19.5 Å². The number of amides is 2. The number of hydrogen-bond donors (Lipinski definition) is 4. The van der Waals surface area contributed by atoms with Gasteiger partial charge in [-0.15, -0.1) is 6.58 Å². The van der Waals surface area contributed by atoms with Crippen molar-refractivity contribution in [1.29, 1.82) is 0 Å². The van der Waals surface area contributed by atoms with Crippen LogP contribution in [-0.2, 0) is 21.7 Å². The van der Waals surface area contributed by atoms with Gasteiger partial charge in [0.2, 0.25) is 17.8 Å². The molecule has 3 aromatic heterocycles. The zero-order valence-electron chi connectivity index (χ0n) is 33.2. The van der Waals surface area contributed by atoms with Crippen molar-refractivity contribution in [1.82, 2.24) is 34.5 Å². The number of fused-ring (bicyclic) bond motifs is 1. The van der Waals surface area contributed by atoms with Crippen molar-refractivity contribution in [3.63, 3.8) is 0 Å². The largest absolute Gasteiger partial charge is 0.384 e. The van der Waals surface area contributed by atoms with Crippen LogP contribution in [0.4, 0.5) is 33.1 Å². The Morgan fingerprint density at radius 1 is 0.966 bits per heavy atom. The Bertz CT molecular complexity index is 2490. The summed E-state index contributed by atoms with van der Waals surface area (Å²) in [5, 5.41) is 19.6. The highest BCUT2D eigenvalue weighted by Crippen LogP contribution is 2.45. The molecule has 5 aromatic rings.